The van der Waals surface area contributed by atoms with Crippen LogP contribution in [0.4, 0.5) is 24.5 Å². The molecule has 12 heteroatoms. The molecule has 3 rings (SSSR count). The first-order valence-corrected chi connectivity index (χ1v) is 9.23. The van der Waals surface area contributed by atoms with Crippen molar-refractivity contribution in [2.24, 2.45) is 0 Å². The Labute approximate surface area is 179 Å². The van der Waals surface area contributed by atoms with E-state index in [0.29, 0.717) is 16.4 Å². The average Bonchev–Trinajstić information content (AvgIpc) is 3.25. The van der Waals surface area contributed by atoms with Crippen LogP contribution in [0.5, 0.6) is 0 Å². The molecule has 0 fully saturated rings. The Kier molecular flexibility index (Phi) is 6.75. The van der Waals surface area contributed by atoms with Crippen molar-refractivity contribution >= 4 is 34.8 Å². The van der Waals surface area contributed by atoms with E-state index >= 15 is 0 Å². The normalized spacial score (nSPS) is 11.1. The van der Waals surface area contributed by atoms with E-state index in [1.165, 1.54) is 41.6 Å². The first-order valence-electron chi connectivity index (χ1n) is 8.85. The fraction of sp³-hybridized carbons (Fsp3) is 0.158. The zero-order valence-electron chi connectivity index (χ0n) is 15.8. The minimum atomic E-state index is -4.53. The topological polar surface area (TPSA) is 101 Å². The van der Waals surface area contributed by atoms with E-state index in [2.05, 4.69) is 20.7 Å². The maximum absolute atomic E-state index is 12.4. The molecule has 2 amide bonds. The lowest BCUT2D eigenvalue weighted by molar-refractivity contribution is -0.123. The second-order valence-corrected chi connectivity index (χ2v) is 6.68. The Morgan fingerprint density at radius 1 is 1.10 bits per heavy atom. The quantitative estimate of drug-likeness (QED) is 0.511. The van der Waals surface area contributed by atoms with Gasteiger partial charge in [0.25, 0.3) is 5.91 Å². The van der Waals surface area contributed by atoms with Gasteiger partial charge in [-0.1, -0.05) is 23.7 Å². The van der Waals surface area contributed by atoms with Crippen LogP contribution in [-0.4, -0.2) is 45.8 Å². The van der Waals surface area contributed by atoms with Gasteiger partial charge in [-0.15, -0.1) is 0 Å². The molecule has 1 aromatic heterocycles. The summed E-state index contributed by atoms with van der Waals surface area (Å²) in [6.07, 6.45) is -1.74. The molecule has 0 saturated carbocycles. The molecule has 3 aromatic rings. The first kappa shape index (κ1) is 22.1. The van der Waals surface area contributed by atoms with E-state index < -0.39 is 24.5 Å². The Hall–Kier alpha value is -3.60. The molecule has 0 aliphatic rings. The third kappa shape index (κ3) is 6.19. The Morgan fingerprint density at radius 3 is 2.58 bits per heavy atom. The number of aromatic nitrogens is 3. The van der Waals surface area contributed by atoms with E-state index in [-0.39, 0.29) is 17.8 Å². The van der Waals surface area contributed by atoms with Gasteiger partial charge in [0.05, 0.1) is 23.5 Å². The van der Waals surface area contributed by atoms with Crippen LogP contribution in [0, 0.1) is 0 Å². The standard InChI is InChI=1S/C19H16ClF3N6O2/c20-12-5-6-16(29-11-24-10-27-29)15(7-12)28-17(30)8-25-14-4-2-1-3-13(14)18(31)26-9-19(21,22)23/h1-7,10-11,25H,8-9H2,(H,26,31)(H,28,30). The number of rotatable bonds is 7. The summed E-state index contributed by atoms with van der Waals surface area (Å²) in [6, 6.07) is 10.7. The number of benzene rings is 2. The van der Waals surface area contributed by atoms with Crippen LogP contribution in [0.25, 0.3) is 5.69 Å². The molecule has 0 unspecified atom stereocenters. The van der Waals surface area contributed by atoms with Crippen LogP contribution in [0.15, 0.2) is 55.1 Å². The monoisotopic (exact) mass is 452 g/mol. The number of halogens is 4. The molecular formula is C19H16ClF3N6O2. The van der Waals surface area contributed by atoms with Crippen molar-refractivity contribution in [3.63, 3.8) is 0 Å². The van der Waals surface area contributed by atoms with Crippen molar-refractivity contribution in [2.45, 2.75) is 6.18 Å². The number of carbonyl (C=O) groups excluding carboxylic acids is 2. The van der Waals surface area contributed by atoms with Gasteiger partial charge in [0, 0.05) is 10.7 Å². The molecule has 8 nitrogen and oxygen atoms in total. The molecule has 31 heavy (non-hydrogen) atoms. The van der Waals surface area contributed by atoms with E-state index in [9.17, 15) is 22.8 Å². The number of nitrogens with one attached hydrogen (secondary N) is 3. The molecule has 162 valence electrons. The van der Waals surface area contributed by atoms with Crippen LogP contribution in [0.2, 0.25) is 5.02 Å². The maximum Gasteiger partial charge on any atom is 0.405 e. The van der Waals surface area contributed by atoms with Crippen molar-refractivity contribution in [2.75, 3.05) is 23.7 Å². The van der Waals surface area contributed by atoms with Crippen molar-refractivity contribution in [1.29, 1.82) is 0 Å². The summed E-state index contributed by atoms with van der Waals surface area (Å²) < 4.78 is 38.5. The molecule has 3 N–H and O–H groups in total. The van der Waals surface area contributed by atoms with E-state index in [4.69, 9.17) is 11.6 Å². The van der Waals surface area contributed by atoms with Crippen LogP contribution < -0.4 is 16.0 Å². The predicted molar refractivity (Wildman–Crippen MR) is 108 cm³/mol. The number of amides is 2. The first-order chi connectivity index (χ1) is 14.7. The third-order valence-corrected chi connectivity index (χ3v) is 4.19. The molecule has 0 spiro atoms. The SMILES string of the molecule is O=C(CNc1ccccc1C(=O)NCC(F)(F)F)Nc1cc(Cl)ccc1-n1cncn1. The summed E-state index contributed by atoms with van der Waals surface area (Å²) in [7, 11) is 0. The molecule has 0 aliphatic carbocycles. The minimum Gasteiger partial charge on any atom is -0.376 e. The maximum atomic E-state index is 12.4. The number of nitrogens with zero attached hydrogens (tertiary/aromatic N) is 3. The smallest absolute Gasteiger partial charge is 0.376 e. The fourth-order valence-corrected chi connectivity index (χ4v) is 2.79. The van der Waals surface area contributed by atoms with Gasteiger partial charge in [-0.2, -0.15) is 18.3 Å². The molecule has 0 radical (unpaired) electrons. The van der Waals surface area contributed by atoms with Gasteiger partial charge >= 0.3 is 6.18 Å². The second-order valence-electron chi connectivity index (χ2n) is 6.25. The Morgan fingerprint density at radius 2 is 1.87 bits per heavy atom. The highest BCUT2D eigenvalue weighted by molar-refractivity contribution is 6.31. The van der Waals surface area contributed by atoms with E-state index in [1.54, 1.807) is 23.5 Å². The summed E-state index contributed by atoms with van der Waals surface area (Å²) >= 11 is 6.02. The third-order valence-electron chi connectivity index (χ3n) is 3.96. The lowest BCUT2D eigenvalue weighted by Gasteiger charge is -2.14. The van der Waals surface area contributed by atoms with Gasteiger partial charge in [0.1, 0.15) is 19.2 Å². The number of carbonyl (C=O) groups is 2. The largest absolute Gasteiger partial charge is 0.405 e. The van der Waals surface area contributed by atoms with Crippen molar-refractivity contribution in [1.82, 2.24) is 20.1 Å². The highest BCUT2D eigenvalue weighted by Gasteiger charge is 2.28. The van der Waals surface area contributed by atoms with Crippen LogP contribution >= 0.6 is 11.6 Å². The summed E-state index contributed by atoms with van der Waals surface area (Å²) in [6.45, 7) is -1.71. The summed E-state index contributed by atoms with van der Waals surface area (Å²) in [4.78, 5) is 28.4. The van der Waals surface area contributed by atoms with Crippen molar-refractivity contribution in [3.05, 3.63) is 65.7 Å². The van der Waals surface area contributed by atoms with Crippen LogP contribution in [0.1, 0.15) is 10.4 Å². The van der Waals surface area contributed by atoms with Gasteiger partial charge in [0.15, 0.2) is 0 Å². The molecule has 0 bridgehead atoms. The molecule has 0 atom stereocenters. The Bertz CT molecular complexity index is 1070. The number of para-hydroxylation sites is 1. The van der Waals surface area contributed by atoms with Crippen molar-refractivity contribution < 1.29 is 22.8 Å². The molecular weight excluding hydrogens is 437 g/mol. The van der Waals surface area contributed by atoms with Gasteiger partial charge in [-0.3, -0.25) is 9.59 Å². The lowest BCUT2D eigenvalue weighted by atomic mass is 10.1. The fourth-order valence-electron chi connectivity index (χ4n) is 2.62. The average molecular weight is 453 g/mol. The molecule has 0 saturated heterocycles. The number of hydrogen-bond acceptors (Lipinski definition) is 5. The predicted octanol–water partition coefficient (Wildman–Crippen LogP) is 3.26. The van der Waals surface area contributed by atoms with Gasteiger partial charge in [0.2, 0.25) is 5.91 Å². The number of anilines is 2. The highest BCUT2D eigenvalue weighted by Crippen LogP contribution is 2.24. The highest BCUT2D eigenvalue weighted by atomic mass is 35.5. The number of hydrogen-bond donors (Lipinski definition) is 3. The van der Waals surface area contributed by atoms with E-state index in [0.717, 1.165) is 0 Å². The van der Waals surface area contributed by atoms with Gasteiger partial charge in [-0.25, -0.2) is 9.67 Å². The minimum absolute atomic E-state index is 0.0226. The summed E-state index contributed by atoms with van der Waals surface area (Å²) in [5, 5.41) is 11.6. The zero-order valence-corrected chi connectivity index (χ0v) is 16.5. The Balaban J connectivity index is 1.68. The second kappa shape index (κ2) is 9.47. The van der Waals surface area contributed by atoms with Gasteiger partial charge < -0.3 is 16.0 Å². The molecule has 2 aromatic carbocycles. The zero-order chi connectivity index (χ0) is 22.4. The van der Waals surface area contributed by atoms with Gasteiger partial charge in [-0.05, 0) is 30.3 Å². The van der Waals surface area contributed by atoms with E-state index in [1.807, 2.05) is 0 Å². The van der Waals surface area contributed by atoms with Crippen LogP contribution in [0.3, 0.4) is 0 Å². The number of alkyl halides is 3. The van der Waals surface area contributed by atoms with Crippen LogP contribution in [-0.2, 0) is 4.79 Å². The lowest BCUT2D eigenvalue weighted by Crippen LogP contribution is -2.34. The summed E-state index contributed by atoms with van der Waals surface area (Å²) in [5.41, 5.74) is 1.09. The van der Waals surface area contributed by atoms with Crippen molar-refractivity contribution in [3.8, 4) is 5.69 Å². The summed E-state index contributed by atoms with van der Waals surface area (Å²) in [5.74, 6) is -1.39. The molecule has 1 heterocycles. The molecule has 0 aliphatic heterocycles.